The summed E-state index contributed by atoms with van der Waals surface area (Å²) in [6.45, 7) is 4.39. The number of rotatable bonds is 11. The van der Waals surface area contributed by atoms with Crippen LogP contribution in [-0.4, -0.2) is 47.2 Å². The van der Waals surface area contributed by atoms with E-state index in [1.165, 1.54) is 4.90 Å². The van der Waals surface area contributed by atoms with Crippen LogP contribution in [0.1, 0.15) is 49.3 Å². The number of nitrogens with zero attached hydrogens (tertiary/aromatic N) is 1. The Morgan fingerprint density at radius 1 is 0.895 bits per heavy atom. The number of aliphatic carboxylic acids is 1. The van der Waals surface area contributed by atoms with Crippen molar-refractivity contribution in [2.24, 2.45) is 5.92 Å². The molecule has 0 saturated carbocycles. The summed E-state index contributed by atoms with van der Waals surface area (Å²) in [5.41, 5.74) is 5.38. The predicted molar refractivity (Wildman–Crippen MR) is 146 cm³/mol. The fraction of sp³-hybridized carbons (Fsp3) is 0.323. The van der Waals surface area contributed by atoms with Gasteiger partial charge in [-0.2, -0.15) is 0 Å². The van der Waals surface area contributed by atoms with E-state index < -0.39 is 18.1 Å². The number of benzene rings is 3. The zero-order valence-electron chi connectivity index (χ0n) is 21.8. The monoisotopic (exact) mass is 514 g/mol. The number of nitrogens with one attached hydrogen (secondary N) is 1. The number of fused-ring (bicyclic) bond motifs is 3. The minimum absolute atomic E-state index is 0.0457. The van der Waals surface area contributed by atoms with Crippen LogP contribution in [0.15, 0.2) is 78.9 Å². The number of carbonyl (C=O) groups excluding carboxylic acids is 2. The molecule has 7 nitrogen and oxygen atoms in total. The van der Waals surface area contributed by atoms with Crippen molar-refractivity contribution in [2.75, 3.05) is 13.2 Å². The molecule has 7 heteroatoms. The molecule has 1 atom stereocenters. The summed E-state index contributed by atoms with van der Waals surface area (Å²) in [6, 6.07) is 24.8. The lowest BCUT2D eigenvalue weighted by Crippen LogP contribution is -2.49. The molecule has 3 aromatic rings. The van der Waals surface area contributed by atoms with Gasteiger partial charge in [0.25, 0.3) is 0 Å². The first-order chi connectivity index (χ1) is 18.3. The first kappa shape index (κ1) is 26.9. The van der Waals surface area contributed by atoms with E-state index in [1.54, 1.807) is 0 Å². The number of carbonyl (C=O) groups is 3. The molecule has 2 amide bonds. The van der Waals surface area contributed by atoms with Gasteiger partial charge in [0.15, 0.2) is 0 Å². The molecule has 0 aliphatic heterocycles. The van der Waals surface area contributed by atoms with Crippen molar-refractivity contribution < 1.29 is 24.2 Å². The molecule has 1 aliphatic carbocycles. The van der Waals surface area contributed by atoms with Crippen molar-refractivity contribution in [1.29, 1.82) is 0 Å². The topological polar surface area (TPSA) is 95.9 Å². The second-order valence-corrected chi connectivity index (χ2v) is 10.0. The minimum atomic E-state index is -0.985. The maximum Gasteiger partial charge on any atom is 0.407 e. The quantitative estimate of drug-likeness (QED) is 0.355. The average molecular weight is 515 g/mol. The van der Waals surface area contributed by atoms with E-state index in [1.807, 2.05) is 68.4 Å². The number of ether oxygens (including phenoxy) is 1. The van der Waals surface area contributed by atoms with Crippen molar-refractivity contribution in [3.8, 4) is 11.1 Å². The highest BCUT2D eigenvalue weighted by molar-refractivity contribution is 5.86. The Kier molecular flexibility index (Phi) is 8.79. The Balaban J connectivity index is 1.46. The minimum Gasteiger partial charge on any atom is -0.481 e. The molecule has 0 heterocycles. The third-order valence-corrected chi connectivity index (χ3v) is 6.76. The van der Waals surface area contributed by atoms with E-state index in [0.717, 1.165) is 27.8 Å². The highest BCUT2D eigenvalue weighted by Crippen LogP contribution is 2.44. The lowest BCUT2D eigenvalue weighted by molar-refractivity contribution is -0.139. The second-order valence-electron chi connectivity index (χ2n) is 10.0. The Morgan fingerprint density at radius 3 is 2.05 bits per heavy atom. The fourth-order valence-corrected chi connectivity index (χ4v) is 5.00. The van der Waals surface area contributed by atoms with Crippen LogP contribution >= 0.6 is 0 Å². The first-order valence-electron chi connectivity index (χ1n) is 13.0. The molecule has 0 unspecified atom stereocenters. The maximum atomic E-state index is 13.6. The summed E-state index contributed by atoms with van der Waals surface area (Å²) >= 11 is 0. The molecule has 4 rings (SSSR count). The normalized spacial score (nSPS) is 12.9. The van der Waals surface area contributed by atoms with Gasteiger partial charge in [-0.25, -0.2) is 4.79 Å². The van der Waals surface area contributed by atoms with Crippen LogP contribution in [0.4, 0.5) is 4.79 Å². The Hall–Kier alpha value is -4.13. The van der Waals surface area contributed by atoms with Gasteiger partial charge in [-0.05, 0) is 40.2 Å². The fourth-order valence-electron chi connectivity index (χ4n) is 5.00. The summed E-state index contributed by atoms with van der Waals surface area (Å²) in [5, 5.41) is 12.0. The molecule has 3 aromatic carbocycles. The smallest absolute Gasteiger partial charge is 0.407 e. The van der Waals surface area contributed by atoms with E-state index in [0.29, 0.717) is 6.42 Å². The van der Waals surface area contributed by atoms with E-state index in [9.17, 15) is 19.5 Å². The van der Waals surface area contributed by atoms with E-state index >= 15 is 0 Å². The molecule has 1 aliphatic rings. The van der Waals surface area contributed by atoms with Crippen LogP contribution in [0, 0.1) is 5.92 Å². The highest BCUT2D eigenvalue weighted by atomic mass is 16.5. The van der Waals surface area contributed by atoms with Gasteiger partial charge < -0.3 is 20.1 Å². The van der Waals surface area contributed by atoms with Crippen LogP contribution in [0.5, 0.6) is 0 Å². The van der Waals surface area contributed by atoms with Gasteiger partial charge in [-0.15, -0.1) is 0 Å². The van der Waals surface area contributed by atoms with Gasteiger partial charge in [-0.1, -0.05) is 92.7 Å². The third-order valence-electron chi connectivity index (χ3n) is 6.76. The highest BCUT2D eigenvalue weighted by Gasteiger charge is 2.31. The molecular formula is C31H34N2O5. The molecule has 0 aromatic heterocycles. The lowest BCUT2D eigenvalue weighted by atomic mass is 9.98. The summed E-state index contributed by atoms with van der Waals surface area (Å²) < 4.78 is 5.68. The van der Waals surface area contributed by atoms with Crippen LogP contribution in [0.2, 0.25) is 0 Å². The van der Waals surface area contributed by atoms with Crippen molar-refractivity contribution in [1.82, 2.24) is 10.2 Å². The molecular weight excluding hydrogens is 480 g/mol. The number of carboxylic acids is 1. The van der Waals surface area contributed by atoms with E-state index in [2.05, 4.69) is 29.6 Å². The summed E-state index contributed by atoms with van der Waals surface area (Å²) in [7, 11) is 0. The first-order valence-corrected chi connectivity index (χ1v) is 13.0. The summed E-state index contributed by atoms with van der Waals surface area (Å²) in [4.78, 5) is 39.3. The third kappa shape index (κ3) is 6.59. The van der Waals surface area contributed by atoms with E-state index in [4.69, 9.17) is 4.74 Å². The van der Waals surface area contributed by atoms with Crippen molar-refractivity contribution in [2.45, 2.75) is 45.2 Å². The zero-order valence-corrected chi connectivity index (χ0v) is 21.8. The molecule has 38 heavy (non-hydrogen) atoms. The number of hydrogen-bond donors (Lipinski definition) is 2. The Morgan fingerprint density at radius 2 is 1.47 bits per heavy atom. The molecule has 2 N–H and O–H groups in total. The summed E-state index contributed by atoms with van der Waals surface area (Å²) in [6.07, 6.45) is -0.442. The van der Waals surface area contributed by atoms with E-state index in [-0.39, 0.29) is 43.9 Å². The predicted octanol–water partition coefficient (Wildman–Crippen LogP) is 5.44. The van der Waals surface area contributed by atoms with Crippen LogP contribution < -0.4 is 5.32 Å². The van der Waals surface area contributed by atoms with Crippen LogP contribution in [0.25, 0.3) is 11.1 Å². The lowest BCUT2D eigenvalue weighted by Gasteiger charge is -2.28. The van der Waals surface area contributed by atoms with Gasteiger partial charge in [0.2, 0.25) is 5.91 Å². The summed E-state index contributed by atoms with van der Waals surface area (Å²) in [5.74, 6) is -1.27. The van der Waals surface area contributed by atoms with Crippen LogP contribution in [0.3, 0.4) is 0 Å². The van der Waals surface area contributed by atoms with Crippen molar-refractivity contribution in [3.63, 3.8) is 0 Å². The van der Waals surface area contributed by atoms with Crippen molar-refractivity contribution in [3.05, 3.63) is 95.6 Å². The maximum absolute atomic E-state index is 13.6. The average Bonchev–Trinajstić information content (AvgIpc) is 3.23. The van der Waals surface area contributed by atoms with Gasteiger partial charge >= 0.3 is 12.1 Å². The largest absolute Gasteiger partial charge is 0.481 e. The molecule has 0 saturated heterocycles. The zero-order chi connectivity index (χ0) is 27.1. The van der Waals surface area contributed by atoms with Crippen molar-refractivity contribution >= 4 is 18.0 Å². The second kappa shape index (κ2) is 12.4. The number of amides is 2. The SMILES string of the molecule is CC(C)C[C@H](NC(=O)OCC1c2ccccc2-c2ccccc21)C(=O)N(CCC(=O)O)Cc1ccccc1. The number of alkyl carbamates (subject to hydrolysis) is 1. The molecule has 198 valence electrons. The van der Waals surface area contributed by atoms with Gasteiger partial charge in [-0.3, -0.25) is 9.59 Å². The molecule has 0 fully saturated rings. The van der Waals surface area contributed by atoms with Crippen LogP contribution in [-0.2, 0) is 20.9 Å². The Labute approximate surface area is 223 Å². The molecule has 0 bridgehead atoms. The van der Waals surface area contributed by atoms with Gasteiger partial charge in [0, 0.05) is 19.0 Å². The molecule has 0 spiro atoms. The van der Waals surface area contributed by atoms with Gasteiger partial charge in [0.1, 0.15) is 12.6 Å². The number of carboxylic acid groups (broad SMARTS) is 1. The Bertz CT molecular complexity index is 1230. The number of hydrogen-bond acceptors (Lipinski definition) is 4. The van der Waals surface area contributed by atoms with Gasteiger partial charge in [0.05, 0.1) is 6.42 Å². The standard InChI is InChI=1S/C31H34N2O5/c1-21(2)18-28(30(36)33(17-16-29(34)35)19-22-10-4-3-5-11-22)32-31(37)38-20-27-25-14-8-6-12-23(25)24-13-7-9-15-26(24)27/h3-15,21,27-28H,16-20H2,1-2H3,(H,32,37)(H,34,35)/t28-/m0/s1. The molecule has 0 radical (unpaired) electrons.